The Morgan fingerprint density at radius 1 is 1.18 bits per heavy atom. The zero-order chi connectivity index (χ0) is 11.8. The molecule has 1 aliphatic rings. The minimum absolute atomic E-state index is 0.209. The van der Waals surface area contributed by atoms with Crippen molar-refractivity contribution in [2.75, 3.05) is 0 Å². The van der Waals surface area contributed by atoms with E-state index < -0.39 is 0 Å². The maximum absolute atomic E-state index is 13.5. The van der Waals surface area contributed by atoms with E-state index in [0.717, 1.165) is 28.0 Å². The first-order chi connectivity index (χ1) is 8.24. The summed E-state index contributed by atoms with van der Waals surface area (Å²) in [6, 6.07) is 11.1. The van der Waals surface area contributed by atoms with E-state index in [-0.39, 0.29) is 5.82 Å². The van der Waals surface area contributed by atoms with Crippen molar-refractivity contribution < 1.29 is 9.13 Å². The van der Waals surface area contributed by atoms with Crippen LogP contribution in [0.15, 0.2) is 36.4 Å². The molecule has 0 atom stereocenters. The van der Waals surface area contributed by atoms with Crippen LogP contribution in [0.4, 0.5) is 4.39 Å². The maximum Gasteiger partial charge on any atom is 0.140 e. The van der Waals surface area contributed by atoms with Gasteiger partial charge >= 0.3 is 0 Å². The lowest BCUT2D eigenvalue weighted by molar-refractivity contribution is 0.436. The van der Waals surface area contributed by atoms with Crippen molar-refractivity contribution in [3.63, 3.8) is 0 Å². The number of aryl methyl sites for hydroxylation is 1. The third kappa shape index (κ3) is 1.80. The van der Waals surface area contributed by atoms with E-state index in [1.165, 1.54) is 12.1 Å². The van der Waals surface area contributed by atoms with Crippen LogP contribution in [0, 0.1) is 19.3 Å². The second-order valence-electron chi connectivity index (χ2n) is 4.30. The zero-order valence-electron chi connectivity index (χ0n) is 9.53. The number of halogens is 1. The van der Waals surface area contributed by atoms with E-state index in [2.05, 4.69) is 0 Å². The largest absolute Gasteiger partial charge is 0.485 e. The summed E-state index contributed by atoms with van der Waals surface area (Å²) >= 11 is 0. The van der Waals surface area contributed by atoms with Gasteiger partial charge in [0.2, 0.25) is 0 Å². The Balaban J connectivity index is 2.21. The third-order valence-electron chi connectivity index (χ3n) is 2.96. The number of fused-ring (bicyclic) bond motifs is 1. The number of rotatable bonds is 1. The Bertz CT molecular complexity index is 575. The summed E-state index contributed by atoms with van der Waals surface area (Å²) in [7, 11) is 0. The normalized spacial score (nSPS) is 13.3. The molecule has 0 saturated carbocycles. The first kappa shape index (κ1) is 10.3. The van der Waals surface area contributed by atoms with Crippen LogP contribution in [-0.4, -0.2) is 0 Å². The molecule has 0 unspecified atom stereocenters. The molecule has 0 N–H and O–H groups in total. The minimum Gasteiger partial charge on any atom is -0.485 e. The molecule has 1 heterocycles. The summed E-state index contributed by atoms with van der Waals surface area (Å²) < 4.78 is 19.0. The SMILES string of the molecule is Cc1cccc(-c2cc(F)cc3c2O[CH]C3)c1. The van der Waals surface area contributed by atoms with E-state index in [4.69, 9.17) is 4.74 Å². The lowest BCUT2D eigenvalue weighted by atomic mass is 9.99. The fourth-order valence-corrected chi connectivity index (χ4v) is 2.18. The second kappa shape index (κ2) is 3.88. The van der Waals surface area contributed by atoms with Crippen LogP contribution in [0.3, 0.4) is 0 Å². The highest BCUT2D eigenvalue weighted by Gasteiger charge is 2.19. The van der Waals surface area contributed by atoms with Gasteiger partial charge in [-0.1, -0.05) is 29.8 Å². The summed E-state index contributed by atoms with van der Waals surface area (Å²) in [5.41, 5.74) is 3.90. The van der Waals surface area contributed by atoms with Gasteiger partial charge in [-0.05, 0) is 24.6 Å². The molecule has 0 aliphatic carbocycles. The molecule has 1 aliphatic heterocycles. The van der Waals surface area contributed by atoms with Gasteiger partial charge in [-0.15, -0.1) is 0 Å². The highest BCUT2D eigenvalue weighted by atomic mass is 19.1. The highest BCUT2D eigenvalue weighted by Crippen LogP contribution is 2.38. The van der Waals surface area contributed by atoms with E-state index in [0.29, 0.717) is 6.42 Å². The van der Waals surface area contributed by atoms with Crippen molar-refractivity contribution in [1.82, 2.24) is 0 Å². The van der Waals surface area contributed by atoms with Gasteiger partial charge in [-0.3, -0.25) is 0 Å². The molecule has 0 spiro atoms. The molecule has 85 valence electrons. The quantitative estimate of drug-likeness (QED) is 0.718. The summed E-state index contributed by atoms with van der Waals surface area (Å²) in [4.78, 5) is 0. The predicted octanol–water partition coefficient (Wildman–Crippen LogP) is 3.90. The van der Waals surface area contributed by atoms with Crippen LogP contribution in [0.25, 0.3) is 11.1 Å². The van der Waals surface area contributed by atoms with Crippen molar-refractivity contribution in [3.05, 3.63) is 59.9 Å². The monoisotopic (exact) mass is 227 g/mol. The number of benzene rings is 2. The highest BCUT2D eigenvalue weighted by molar-refractivity contribution is 5.73. The van der Waals surface area contributed by atoms with Crippen molar-refractivity contribution in [2.45, 2.75) is 13.3 Å². The summed E-state index contributed by atoms with van der Waals surface area (Å²) in [5.74, 6) is 0.580. The molecule has 0 amide bonds. The fraction of sp³-hybridized carbons (Fsp3) is 0.133. The molecule has 3 rings (SSSR count). The smallest absolute Gasteiger partial charge is 0.140 e. The number of hydrogen-bond donors (Lipinski definition) is 0. The van der Waals surface area contributed by atoms with Gasteiger partial charge in [0.05, 0.1) is 0 Å². The summed E-state index contributed by atoms with van der Waals surface area (Å²) in [6.07, 6.45) is 0.673. The first-order valence-corrected chi connectivity index (χ1v) is 5.62. The molecule has 0 saturated heterocycles. The Morgan fingerprint density at radius 2 is 2.06 bits per heavy atom. The molecule has 2 aromatic carbocycles. The molecular weight excluding hydrogens is 215 g/mol. The molecule has 0 fully saturated rings. The van der Waals surface area contributed by atoms with Gasteiger partial charge in [0.1, 0.15) is 18.2 Å². The number of hydrogen-bond acceptors (Lipinski definition) is 1. The average Bonchev–Trinajstić information content (AvgIpc) is 2.75. The van der Waals surface area contributed by atoms with Gasteiger partial charge in [-0.2, -0.15) is 0 Å². The Labute approximate surface area is 99.9 Å². The van der Waals surface area contributed by atoms with E-state index in [1.54, 1.807) is 6.61 Å². The second-order valence-corrected chi connectivity index (χ2v) is 4.30. The molecular formula is C15H12FO. The molecule has 17 heavy (non-hydrogen) atoms. The van der Waals surface area contributed by atoms with Gasteiger partial charge in [0.15, 0.2) is 0 Å². The van der Waals surface area contributed by atoms with Crippen LogP contribution >= 0.6 is 0 Å². The third-order valence-corrected chi connectivity index (χ3v) is 2.96. The zero-order valence-corrected chi connectivity index (χ0v) is 9.53. The fourth-order valence-electron chi connectivity index (χ4n) is 2.18. The molecule has 1 radical (unpaired) electrons. The molecule has 0 aromatic heterocycles. The minimum atomic E-state index is -0.209. The first-order valence-electron chi connectivity index (χ1n) is 5.62. The van der Waals surface area contributed by atoms with Crippen LogP contribution in [0.5, 0.6) is 5.75 Å². The van der Waals surface area contributed by atoms with Gasteiger partial charge < -0.3 is 4.74 Å². The molecule has 0 bridgehead atoms. The van der Waals surface area contributed by atoms with Crippen molar-refractivity contribution in [1.29, 1.82) is 0 Å². The van der Waals surface area contributed by atoms with Crippen LogP contribution in [0.1, 0.15) is 11.1 Å². The van der Waals surface area contributed by atoms with Gasteiger partial charge in [-0.25, -0.2) is 4.39 Å². The average molecular weight is 227 g/mol. The van der Waals surface area contributed by atoms with Gasteiger partial charge in [0, 0.05) is 17.5 Å². The molecule has 1 nitrogen and oxygen atoms in total. The number of ether oxygens (including phenoxy) is 1. The maximum atomic E-state index is 13.5. The molecule has 2 heteroatoms. The van der Waals surface area contributed by atoms with Gasteiger partial charge in [0.25, 0.3) is 0 Å². The van der Waals surface area contributed by atoms with Crippen LogP contribution < -0.4 is 4.74 Å². The Kier molecular flexibility index (Phi) is 2.36. The van der Waals surface area contributed by atoms with Crippen molar-refractivity contribution in [3.8, 4) is 16.9 Å². The molecule has 2 aromatic rings. The van der Waals surface area contributed by atoms with Crippen molar-refractivity contribution in [2.24, 2.45) is 0 Å². The Morgan fingerprint density at radius 3 is 2.88 bits per heavy atom. The van der Waals surface area contributed by atoms with Crippen molar-refractivity contribution >= 4 is 0 Å². The Hall–Kier alpha value is -1.83. The lowest BCUT2D eigenvalue weighted by Gasteiger charge is -2.09. The van der Waals surface area contributed by atoms with E-state index in [9.17, 15) is 4.39 Å². The standard InChI is InChI=1S/C15H12FO/c1-10-3-2-4-11(7-10)14-9-13(16)8-12-5-6-17-15(12)14/h2-4,6-9H,5H2,1H3. The summed E-state index contributed by atoms with van der Waals surface area (Å²) in [6.45, 7) is 3.74. The van der Waals surface area contributed by atoms with E-state index in [1.807, 2.05) is 31.2 Å². The van der Waals surface area contributed by atoms with Crippen LogP contribution in [0.2, 0.25) is 0 Å². The summed E-state index contributed by atoms with van der Waals surface area (Å²) in [5, 5.41) is 0. The van der Waals surface area contributed by atoms with E-state index >= 15 is 0 Å². The predicted molar refractivity (Wildman–Crippen MR) is 65.2 cm³/mol. The topological polar surface area (TPSA) is 9.23 Å². The van der Waals surface area contributed by atoms with Crippen LogP contribution in [-0.2, 0) is 6.42 Å². The lowest BCUT2D eigenvalue weighted by Crippen LogP contribution is -1.88.